The van der Waals surface area contributed by atoms with Crippen LogP contribution in [0.15, 0.2) is 12.4 Å². The number of aromatic nitrogens is 2. The van der Waals surface area contributed by atoms with Crippen LogP contribution in [0.5, 0.6) is 0 Å². The van der Waals surface area contributed by atoms with Crippen LogP contribution in [0.25, 0.3) is 0 Å². The Morgan fingerprint density at radius 1 is 1.50 bits per heavy atom. The van der Waals surface area contributed by atoms with E-state index in [1.807, 2.05) is 24.0 Å². The quantitative estimate of drug-likeness (QED) is 0.803. The largest absolute Gasteiger partial charge is 0.392 e. The molecule has 2 N–H and O–H groups in total. The number of nitrogens with one attached hydrogen (secondary N) is 1. The van der Waals surface area contributed by atoms with Crippen molar-refractivity contribution in [2.75, 3.05) is 6.54 Å². The third-order valence-electron chi connectivity index (χ3n) is 3.24. The fourth-order valence-electron chi connectivity index (χ4n) is 2.30. The molecule has 4 nitrogen and oxygen atoms in total. The van der Waals surface area contributed by atoms with Crippen molar-refractivity contribution in [1.29, 1.82) is 0 Å². The first kappa shape index (κ1) is 11.6. The summed E-state index contributed by atoms with van der Waals surface area (Å²) in [6.07, 6.45) is 8.19. The Morgan fingerprint density at radius 2 is 2.31 bits per heavy atom. The van der Waals surface area contributed by atoms with Crippen molar-refractivity contribution in [3.63, 3.8) is 0 Å². The molecular weight excluding hydrogens is 202 g/mol. The maximum atomic E-state index is 9.79. The van der Waals surface area contributed by atoms with Crippen LogP contribution in [0.2, 0.25) is 0 Å². The molecule has 0 unspecified atom stereocenters. The van der Waals surface area contributed by atoms with Gasteiger partial charge in [0.1, 0.15) is 0 Å². The molecule has 0 amide bonds. The number of hydrogen-bond acceptors (Lipinski definition) is 3. The van der Waals surface area contributed by atoms with Crippen LogP contribution in [-0.4, -0.2) is 33.6 Å². The van der Waals surface area contributed by atoms with Crippen LogP contribution in [0.1, 0.15) is 31.2 Å². The molecule has 0 bridgehead atoms. The van der Waals surface area contributed by atoms with Gasteiger partial charge >= 0.3 is 0 Å². The van der Waals surface area contributed by atoms with Crippen molar-refractivity contribution in [2.24, 2.45) is 0 Å². The topological polar surface area (TPSA) is 50.1 Å². The molecule has 0 aliphatic heterocycles. The first-order valence-corrected chi connectivity index (χ1v) is 6.16. The zero-order valence-electron chi connectivity index (χ0n) is 9.89. The van der Waals surface area contributed by atoms with Crippen LogP contribution in [0.4, 0.5) is 0 Å². The molecule has 0 aromatic carbocycles. The predicted octanol–water partition coefficient (Wildman–Crippen LogP) is 1.08. The highest BCUT2D eigenvalue weighted by Crippen LogP contribution is 2.17. The van der Waals surface area contributed by atoms with Gasteiger partial charge < -0.3 is 10.4 Å². The van der Waals surface area contributed by atoms with Gasteiger partial charge in [-0.25, -0.2) is 0 Å². The Bertz CT molecular complexity index is 324. The van der Waals surface area contributed by atoms with E-state index in [2.05, 4.69) is 10.4 Å². The average molecular weight is 223 g/mol. The number of rotatable bonds is 4. The summed E-state index contributed by atoms with van der Waals surface area (Å²) in [6, 6.07) is 0.283. The van der Waals surface area contributed by atoms with Gasteiger partial charge in [-0.15, -0.1) is 0 Å². The van der Waals surface area contributed by atoms with Gasteiger partial charge in [0, 0.05) is 18.8 Å². The number of aryl methyl sites for hydroxylation is 1. The average Bonchev–Trinajstić information content (AvgIpc) is 2.67. The summed E-state index contributed by atoms with van der Waals surface area (Å²) >= 11 is 0. The van der Waals surface area contributed by atoms with Gasteiger partial charge in [-0.3, -0.25) is 4.68 Å². The minimum Gasteiger partial charge on any atom is -0.392 e. The lowest BCUT2D eigenvalue weighted by Crippen LogP contribution is -2.43. The van der Waals surface area contributed by atoms with Crippen molar-refractivity contribution >= 4 is 0 Å². The van der Waals surface area contributed by atoms with Crippen LogP contribution in [0.3, 0.4) is 0 Å². The zero-order valence-corrected chi connectivity index (χ0v) is 9.89. The van der Waals surface area contributed by atoms with Gasteiger partial charge in [-0.05, 0) is 25.3 Å². The van der Waals surface area contributed by atoms with E-state index in [0.29, 0.717) is 0 Å². The molecule has 0 spiro atoms. The molecule has 4 heteroatoms. The minimum absolute atomic E-state index is 0.159. The van der Waals surface area contributed by atoms with Crippen molar-refractivity contribution in [2.45, 2.75) is 51.3 Å². The lowest BCUT2D eigenvalue weighted by atomic mass is 9.93. The van der Waals surface area contributed by atoms with Gasteiger partial charge in [-0.1, -0.05) is 12.8 Å². The summed E-state index contributed by atoms with van der Waals surface area (Å²) in [5, 5.41) is 17.4. The van der Waals surface area contributed by atoms with Gasteiger partial charge in [0.05, 0.1) is 18.8 Å². The molecule has 1 aromatic rings. The fourth-order valence-corrected chi connectivity index (χ4v) is 2.30. The molecule has 1 fully saturated rings. The number of hydrogen-bond donors (Lipinski definition) is 2. The number of nitrogens with zero attached hydrogens (tertiary/aromatic N) is 2. The second-order valence-corrected chi connectivity index (χ2v) is 4.69. The van der Waals surface area contributed by atoms with E-state index in [0.717, 1.165) is 32.4 Å². The number of aliphatic hydroxyl groups is 1. The van der Waals surface area contributed by atoms with Crippen molar-refractivity contribution in [1.82, 2.24) is 15.1 Å². The molecule has 1 saturated carbocycles. The third-order valence-corrected chi connectivity index (χ3v) is 3.24. The third kappa shape index (κ3) is 3.06. The summed E-state index contributed by atoms with van der Waals surface area (Å²) in [4.78, 5) is 0. The van der Waals surface area contributed by atoms with Gasteiger partial charge in [-0.2, -0.15) is 5.10 Å². The normalized spacial score (nSPS) is 25.9. The summed E-state index contributed by atoms with van der Waals surface area (Å²) in [5.74, 6) is 0. The zero-order chi connectivity index (χ0) is 11.4. The molecule has 2 atom stereocenters. The molecular formula is C12H21N3O. The molecule has 16 heavy (non-hydrogen) atoms. The van der Waals surface area contributed by atoms with E-state index in [1.54, 1.807) is 0 Å². The van der Waals surface area contributed by atoms with Gasteiger partial charge in [0.15, 0.2) is 0 Å². The maximum Gasteiger partial charge on any atom is 0.0693 e. The van der Waals surface area contributed by atoms with Gasteiger partial charge in [0.2, 0.25) is 0 Å². The van der Waals surface area contributed by atoms with E-state index in [-0.39, 0.29) is 12.1 Å². The second kappa shape index (κ2) is 5.46. The first-order valence-electron chi connectivity index (χ1n) is 6.16. The molecule has 1 aliphatic rings. The van der Waals surface area contributed by atoms with Crippen molar-refractivity contribution in [3.8, 4) is 0 Å². The van der Waals surface area contributed by atoms with E-state index in [4.69, 9.17) is 0 Å². The van der Waals surface area contributed by atoms with Crippen molar-refractivity contribution in [3.05, 3.63) is 18.0 Å². The highest BCUT2D eigenvalue weighted by molar-refractivity contribution is 4.99. The van der Waals surface area contributed by atoms with Crippen LogP contribution in [-0.2, 0) is 6.54 Å². The Kier molecular flexibility index (Phi) is 3.96. The first-order chi connectivity index (χ1) is 7.75. The molecule has 90 valence electrons. The van der Waals surface area contributed by atoms with Crippen molar-refractivity contribution < 1.29 is 5.11 Å². The highest BCUT2D eigenvalue weighted by atomic mass is 16.3. The molecule has 0 saturated heterocycles. The van der Waals surface area contributed by atoms with Crippen LogP contribution in [0, 0.1) is 6.92 Å². The Hall–Kier alpha value is -0.870. The number of aliphatic hydroxyl groups excluding tert-OH is 1. The minimum atomic E-state index is -0.159. The highest BCUT2D eigenvalue weighted by Gasteiger charge is 2.21. The Labute approximate surface area is 96.7 Å². The molecule has 2 rings (SSSR count). The maximum absolute atomic E-state index is 9.79. The molecule has 1 aliphatic carbocycles. The molecule has 1 aromatic heterocycles. The molecule has 1 heterocycles. The summed E-state index contributed by atoms with van der Waals surface area (Å²) in [7, 11) is 0. The van der Waals surface area contributed by atoms with Gasteiger partial charge in [0.25, 0.3) is 0 Å². The second-order valence-electron chi connectivity index (χ2n) is 4.69. The molecule has 0 radical (unpaired) electrons. The smallest absolute Gasteiger partial charge is 0.0693 e. The van der Waals surface area contributed by atoms with E-state index < -0.39 is 0 Å². The predicted molar refractivity (Wildman–Crippen MR) is 63.2 cm³/mol. The van der Waals surface area contributed by atoms with E-state index in [9.17, 15) is 5.11 Å². The monoisotopic (exact) mass is 223 g/mol. The summed E-state index contributed by atoms with van der Waals surface area (Å²) in [5.41, 5.74) is 1.19. The Balaban J connectivity index is 1.71. The fraction of sp³-hybridized carbons (Fsp3) is 0.750. The summed E-state index contributed by atoms with van der Waals surface area (Å²) in [6.45, 7) is 3.79. The van der Waals surface area contributed by atoms with Crippen LogP contribution >= 0.6 is 0 Å². The standard InChI is InChI=1S/C12H21N3O/c1-10-8-14-15(9-10)7-6-13-11-4-2-3-5-12(11)16/h8-9,11-13,16H,2-7H2,1H3/t11-,12-/m0/s1. The lowest BCUT2D eigenvalue weighted by Gasteiger charge is -2.28. The Morgan fingerprint density at radius 3 is 3.00 bits per heavy atom. The van der Waals surface area contributed by atoms with E-state index in [1.165, 1.54) is 12.0 Å². The summed E-state index contributed by atoms with van der Waals surface area (Å²) < 4.78 is 1.94. The lowest BCUT2D eigenvalue weighted by molar-refractivity contribution is 0.0905. The SMILES string of the molecule is Cc1cnn(CCN[C@H]2CCCC[C@@H]2O)c1. The van der Waals surface area contributed by atoms with Crippen LogP contribution < -0.4 is 5.32 Å². The van der Waals surface area contributed by atoms with E-state index >= 15 is 0 Å².